The summed E-state index contributed by atoms with van der Waals surface area (Å²) < 4.78 is 1.83. The number of aromatic carboxylic acids is 1. The maximum atomic E-state index is 12.2. The summed E-state index contributed by atoms with van der Waals surface area (Å²) in [5.41, 5.74) is 2.81. The first kappa shape index (κ1) is 18.1. The number of rotatable bonds is 3. The first-order valence-electron chi connectivity index (χ1n) is 8.08. The smallest absolute Gasteiger partial charge is 0.335 e. The van der Waals surface area contributed by atoms with Crippen LogP contribution in [0.25, 0.3) is 11.8 Å². The maximum Gasteiger partial charge on any atom is 0.335 e. The van der Waals surface area contributed by atoms with Gasteiger partial charge in [0.25, 0.3) is 11.8 Å². The number of amides is 4. The van der Waals surface area contributed by atoms with E-state index in [-0.39, 0.29) is 11.1 Å². The van der Waals surface area contributed by atoms with Crippen molar-refractivity contribution in [2.45, 2.75) is 13.8 Å². The average molecular weight is 367 g/mol. The third-order valence-corrected chi connectivity index (χ3v) is 4.43. The second-order valence-corrected chi connectivity index (χ2v) is 6.20. The van der Waals surface area contributed by atoms with E-state index >= 15 is 0 Å². The molecule has 4 amide bonds. The first-order valence-corrected chi connectivity index (χ1v) is 8.08. The Morgan fingerprint density at radius 1 is 1.15 bits per heavy atom. The van der Waals surface area contributed by atoms with Gasteiger partial charge in [-0.05, 0) is 49.8 Å². The van der Waals surface area contributed by atoms with Crippen molar-refractivity contribution in [3.05, 3.63) is 58.4 Å². The number of carboxylic acids is 1. The van der Waals surface area contributed by atoms with Crippen LogP contribution in [0.1, 0.15) is 27.3 Å². The van der Waals surface area contributed by atoms with Gasteiger partial charge in [0, 0.05) is 24.1 Å². The normalized spacial score (nSPS) is 16.0. The SMILES string of the molecule is Cc1cc(C=C2C(=O)NC(=O)N(C)C2=O)c(C)n1-c1cccc(C(=O)O)c1. The third-order valence-electron chi connectivity index (χ3n) is 4.43. The summed E-state index contributed by atoms with van der Waals surface area (Å²) in [7, 11) is 1.29. The largest absolute Gasteiger partial charge is 0.478 e. The lowest BCUT2D eigenvalue weighted by Crippen LogP contribution is -2.52. The van der Waals surface area contributed by atoms with Gasteiger partial charge in [-0.15, -0.1) is 0 Å². The van der Waals surface area contributed by atoms with Crippen molar-refractivity contribution in [3.63, 3.8) is 0 Å². The predicted molar refractivity (Wildman–Crippen MR) is 96.5 cm³/mol. The summed E-state index contributed by atoms with van der Waals surface area (Å²) in [6.45, 7) is 3.63. The first-order chi connectivity index (χ1) is 12.7. The van der Waals surface area contributed by atoms with E-state index in [2.05, 4.69) is 5.32 Å². The lowest BCUT2D eigenvalue weighted by molar-refractivity contribution is -0.129. The zero-order valence-electron chi connectivity index (χ0n) is 14.9. The van der Waals surface area contributed by atoms with Crippen molar-refractivity contribution in [2.24, 2.45) is 0 Å². The van der Waals surface area contributed by atoms with Gasteiger partial charge in [-0.1, -0.05) is 6.07 Å². The van der Waals surface area contributed by atoms with Crippen LogP contribution in [-0.4, -0.2) is 45.4 Å². The van der Waals surface area contributed by atoms with Crippen molar-refractivity contribution >= 4 is 29.9 Å². The fourth-order valence-corrected chi connectivity index (χ4v) is 3.01. The number of nitrogens with zero attached hydrogens (tertiary/aromatic N) is 2. The minimum absolute atomic E-state index is 0.142. The minimum atomic E-state index is -1.03. The Morgan fingerprint density at radius 2 is 1.85 bits per heavy atom. The van der Waals surface area contributed by atoms with Crippen LogP contribution in [0.4, 0.5) is 4.79 Å². The Balaban J connectivity index is 2.08. The molecular formula is C19H17N3O5. The quantitative estimate of drug-likeness (QED) is 0.636. The van der Waals surface area contributed by atoms with E-state index in [1.54, 1.807) is 31.2 Å². The Hall–Kier alpha value is -3.68. The van der Waals surface area contributed by atoms with Crippen molar-refractivity contribution in [1.82, 2.24) is 14.8 Å². The summed E-state index contributed by atoms with van der Waals surface area (Å²) in [6, 6.07) is 7.48. The van der Waals surface area contributed by atoms with E-state index in [0.717, 1.165) is 16.3 Å². The molecule has 0 saturated carbocycles. The Labute approximate surface area is 154 Å². The topological polar surface area (TPSA) is 109 Å². The number of barbiturate groups is 1. The van der Waals surface area contributed by atoms with Crippen LogP contribution in [0.5, 0.6) is 0 Å². The molecule has 0 bridgehead atoms. The van der Waals surface area contributed by atoms with Crippen LogP contribution in [0, 0.1) is 13.8 Å². The number of carbonyl (C=O) groups is 4. The molecule has 0 unspecified atom stereocenters. The fraction of sp³-hybridized carbons (Fsp3) is 0.158. The number of benzene rings is 1. The van der Waals surface area contributed by atoms with Crippen LogP contribution >= 0.6 is 0 Å². The molecular weight excluding hydrogens is 350 g/mol. The fourth-order valence-electron chi connectivity index (χ4n) is 3.01. The molecule has 27 heavy (non-hydrogen) atoms. The third kappa shape index (κ3) is 3.12. The molecule has 0 spiro atoms. The van der Waals surface area contributed by atoms with Gasteiger partial charge in [-0.3, -0.25) is 19.8 Å². The van der Waals surface area contributed by atoms with Crippen LogP contribution in [0.2, 0.25) is 0 Å². The molecule has 0 atom stereocenters. The summed E-state index contributed by atoms with van der Waals surface area (Å²) >= 11 is 0. The number of nitrogens with one attached hydrogen (secondary N) is 1. The number of aromatic nitrogens is 1. The van der Waals surface area contributed by atoms with Gasteiger partial charge in [0.05, 0.1) is 5.56 Å². The molecule has 1 saturated heterocycles. The molecule has 1 aliphatic rings. The number of hydrogen-bond donors (Lipinski definition) is 2. The molecule has 1 aromatic heterocycles. The molecule has 1 fully saturated rings. The minimum Gasteiger partial charge on any atom is -0.478 e. The predicted octanol–water partition coefficient (Wildman–Crippen LogP) is 1.88. The molecule has 8 heteroatoms. The molecule has 0 radical (unpaired) electrons. The van der Waals surface area contributed by atoms with Crippen molar-refractivity contribution < 1.29 is 24.3 Å². The van der Waals surface area contributed by atoms with E-state index in [1.807, 2.05) is 11.5 Å². The number of aryl methyl sites for hydroxylation is 1. The van der Waals surface area contributed by atoms with E-state index in [0.29, 0.717) is 11.3 Å². The second-order valence-electron chi connectivity index (χ2n) is 6.20. The van der Waals surface area contributed by atoms with Crippen LogP contribution < -0.4 is 5.32 Å². The molecule has 8 nitrogen and oxygen atoms in total. The highest BCUT2D eigenvalue weighted by molar-refractivity contribution is 6.30. The second kappa shape index (κ2) is 6.56. The van der Waals surface area contributed by atoms with Gasteiger partial charge in [0.15, 0.2) is 0 Å². The number of urea groups is 1. The van der Waals surface area contributed by atoms with Crippen molar-refractivity contribution in [2.75, 3.05) is 7.05 Å². The van der Waals surface area contributed by atoms with Crippen molar-refractivity contribution in [3.8, 4) is 5.69 Å². The number of imide groups is 2. The maximum absolute atomic E-state index is 12.2. The van der Waals surface area contributed by atoms with Crippen LogP contribution in [0.15, 0.2) is 35.9 Å². The Morgan fingerprint density at radius 3 is 2.52 bits per heavy atom. The average Bonchev–Trinajstić information content (AvgIpc) is 2.90. The zero-order chi connectivity index (χ0) is 19.9. The highest BCUT2D eigenvalue weighted by atomic mass is 16.4. The van der Waals surface area contributed by atoms with Gasteiger partial charge in [0.1, 0.15) is 5.57 Å². The molecule has 0 aliphatic carbocycles. The molecule has 2 N–H and O–H groups in total. The number of likely N-dealkylation sites (N-methyl/N-ethyl adjacent to an activating group) is 1. The van der Waals surface area contributed by atoms with E-state index in [9.17, 15) is 24.3 Å². The lowest BCUT2D eigenvalue weighted by Gasteiger charge is -2.22. The van der Waals surface area contributed by atoms with Gasteiger partial charge < -0.3 is 9.67 Å². The van der Waals surface area contributed by atoms with Crippen molar-refractivity contribution in [1.29, 1.82) is 0 Å². The van der Waals surface area contributed by atoms with Crippen LogP contribution in [0.3, 0.4) is 0 Å². The molecule has 138 valence electrons. The van der Waals surface area contributed by atoms with Gasteiger partial charge in [-0.2, -0.15) is 0 Å². The van der Waals surface area contributed by atoms with Gasteiger partial charge in [-0.25, -0.2) is 9.59 Å². The highest BCUT2D eigenvalue weighted by Gasteiger charge is 2.33. The number of hydrogen-bond acceptors (Lipinski definition) is 4. The summed E-state index contributed by atoms with van der Waals surface area (Å²) in [6.07, 6.45) is 1.43. The number of carboxylic acid groups (broad SMARTS) is 1. The number of carbonyl (C=O) groups excluding carboxylic acids is 3. The monoisotopic (exact) mass is 367 g/mol. The molecule has 2 aromatic rings. The zero-order valence-corrected chi connectivity index (χ0v) is 14.9. The highest BCUT2D eigenvalue weighted by Crippen LogP contribution is 2.24. The van der Waals surface area contributed by atoms with Gasteiger partial charge >= 0.3 is 12.0 Å². The van der Waals surface area contributed by atoms with E-state index in [1.165, 1.54) is 19.2 Å². The molecule has 2 heterocycles. The van der Waals surface area contributed by atoms with E-state index < -0.39 is 23.8 Å². The Bertz CT molecular complexity index is 1030. The summed E-state index contributed by atoms with van der Waals surface area (Å²) in [5.74, 6) is -2.46. The standard InChI is InChI=1S/C19H17N3O5/c1-10-7-13(9-15-16(23)20-19(27)21(3)17(15)24)11(2)22(10)14-6-4-5-12(8-14)18(25)26/h4-9H,1-3H3,(H,25,26)(H,20,23,27). The summed E-state index contributed by atoms with van der Waals surface area (Å²) in [5, 5.41) is 11.3. The van der Waals surface area contributed by atoms with Crippen LogP contribution in [-0.2, 0) is 9.59 Å². The molecule has 1 aliphatic heterocycles. The van der Waals surface area contributed by atoms with E-state index in [4.69, 9.17) is 0 Å². The lowest BCUT2D eigenvalue weighted by atomic mass is 10.1. The van der Waals surface area contributed by atoms with Gasteiger partial charge in [0.2, 0.25) is 0 Å². The molecule has 3 rings (SSSR count). The summed E-state index contributed by atoms with van der Waals surface area (Å²) in [4.78, 5) is 47.8. The molecule has 1 aromatic carbocycles. The Kier molecular flexibility index (Phi) is 4.40.